The van der Waals surface area contributed by atoms with E-state index < -0.39 is 0 Å². The molecular formula is C26H31N7O. The monoisotopic (exact) mass is 457 g/mol. The summed E-state index contributed by atoms with van der Waals surface area (Å²) in [6.45, 7) is 7.73. The molecule has 0 spiro atoms. The van der Waals surface area contributed by atoms with Gasteiger partial charge in [0.15, 0.2) is 5.65 Å². The molecule has 1 aromatic carbocycles. The second-order valence-corrected chi connectivity index (χ2v) is 9.12. The van der Waals surface area contributed by atoms with Crippen LogP contribution in [0.4, 0.5) is 5.95 Å². The molecule has 8 heteroatoms. The van der Waals surface area contributed by atoms with Gasteiger partial charge in [-0.25, -0.2) is 18.9 Å². The number of nitrogens with two attached hydrogens (primary N) is 1. The molecule has 4 aromatic rings. The van der Waals surface area contributed by atoms with Gasteiger partial charge >= 0.3 is 5.69 Å². The van der Waals surface area contributed by atoms with E-state index in [0.717, 1.165) is 54.1 Å². The summed E-state index contributed by atoms with van der Waals surface area (Å²) in [5.41, 5.74) is 11.8. The van der Waals surface area contributed by atoms with Crippen LogP contribution in [0.5, 0.6) is 0 Å². The smallest absolute Gasteiger partial charge is 0.353 e. The van der Waals surface area contributed by atoms with Crippen LogP contribution in [0.2, 0.25) is 0 Å². The highest BCUT2D eigenvalue weighted by Gasteiger charge is 2.22. The van der Waals surface area contributed by atoms with E-state index in [-0.39, 0.29) is 11.6 Å². The molecule has 4 heterocycles. The molecule has 34 heavy (non-hydrogen) atoms. The lowest BCUT2D eigenvalue weighted by Crippen LogP contribution is -2.32. The van der Waals surface area contributed by atoms with Gasteiger partial charge in [-0.05, 0) is 70.4 Å². The summed E-state index contributed by atoms with van der Waals surface area (Å²) >= 11 is 0. The van der Waals surface area contributed by atoms with Crippen LogP contribution >= 0.6 is 0 Å². The molecule has 0 amide bonds. The number of hydrogen-bond acceptors (Lipinski definition) is 6. The highest BCUT2D eigenvalue weighted by molar-refractivity contribution is 5.90. The fourth-order valence-electron chi connectivity index (χ4n) is 4.92. The second kappa shape index (κ2) is 9.38. The number of nitrogen functional groups attached to an aromatic ring is 1. The van der Waals surface area contributed by atoms with Gasteiger partial charge in [-0.1, -0.05) is 36.8 Å². The van der Waals surface area contributed by atoms with Crippen LogP contribution < -0.4 is 11.4 Å². The molecule has 0 bridgehead atoms. The Morgan fingerprint density at radius 1 is 0.912 bits per heavy atom. The predicted molar refractivity (Wildman–Crippen MR) is 135 cm³/mol. The Kier molecular flexibility index (Phi) is 6.15. The molecule has 3 aromatic heterocycles. The summed E-state index contributed by atoms with van der Waals surface area (Å²) in [5, 5.41) is 4.79. The maximum atomic E-state index is 13.3. The number of rotatable bonds is 6. The maximum Gasteiger partial charge on any atom is 0.353 e. The Balaban J connectivity index is 1.62. The topological polar surface area (TPSA) is 94.3 Å². The molecule has 0 atom stereocenters. The minimum Gasteiger partial charge on any atom is -0.369 e. The van der Waals surface area contributed by atoms with Crippen molar-refractivity contribution in [3.05, 3.63) is 64.3 Å². The van der Waals surface area contributed by atoms with E-state index in [9.17, 15) is 4.79 Å². The number of nitrogens with zero attached hydrogens (tertiary/aromatic N) is 6. The summed E-state index contributed by atoms with van der Waals surface area (Å²) < 4.78 is 2.98. The largest absolute Gasteiger partial charge is 0.369 e. The molecule has 2 N–H and O–H groups in total. The first-order valence-electron chi connectivity index (χ1n) is 12.0. The highest BCUT2D eigenvalue weighted by Crippen LogP contribution is 2.34. The zero-order chi connectivity index (χ0) is 23.7. The van der Waals surface area contributed by atoms with Crippen molar-refractivity contribution in [2.45, 2.75) is 46.1 Å². The minimum absolute atomic E-state index is 0.146. The van der Waals surface area contributed by atoms with Crippen molar-refractivity contribution in [2.24, 2.45) is 0 Å². The molecule has 0 saturated carbocycles. The Labute approximate surface area is 199 Å². The van der Waals surface area contributed by atoms with Gasteiger partial charge in [-0.15, -0.1) is 5.10 Å². The SMILES string of the molecule is Cc1cc(-c2c(-c3ccccc3)nc(N)n3c(=O)n(CCCN4CCCCC4)nc23)cc(C)n1. The van der Waals surface area contributed by atoms with Crippen molar-refractivity contribution in [3.63, 3.8) is 0 Å². The highest BCUT2D eigenvalue weighted by atomic mass is 16.2. The summed E-state index contributed by atoms with van der Waals surface area (Å²) in [6, 6.07) is 13.9. The standard InChI is InChI=1S/C26H31N7O/c1-18-16-21(17-19(2)28-18)22-23(20-10-5-3-6-11-20)29-25(27)33-24(22)30-32(26(33)34)15-9-14-31-12-7-4-8-13-31/h3,5-6,10-11,16-17H,4,7-9,12-15H2,1-2H3,(H2,27,29). The Hall–Kier alpha value is -3.52. The fourth-order valence-corrected chi connectivity index (χ4v) is 4.92. The Bertz CT molecular complexity index is 1350. The number of aryl methyl sites for hydroxylation is 3. The number of pyridine rings is 1. The molecule has 0 aliphatic carbocycles. The van der Waals surface area contributed by atoms with Crippen molar-refractivity contribution >= 4 is 11.6 Å². The third kappa shape index (κ3) is 4.33. The zero-order valence-corrected chi connectivity index (χ0v) is 19.9. The van der Waals surface area contributed by atoms with Crippen molar-refractivity contribution in [3.8, 4) is 22.4 Å². The molecular weight excluding hydrogens is 426 g/mol. The Morgan fingerprint density at radius 3 is 2.32 bits per heavy atom. The average molecular weight is 458 g/mol. The van der Waals surface area contributed by atoms with Gasteiger partial charge in [0.25, 0.3) is 0 Å². The number of benzene rings is 1. The van der Waals surface area contributed by atoms with E-state index in [1.807, 2.05) is 56.3 Å². The first-order chi connectivity index (χ1) is 16.5. The first-order valence-corrected chi connectivity index (χ1v) is 12.0. The van der Waals surface area contributed by atoms with Gasteiger partial charge in [-0.3, -0.25) is 4.98 Å². The van der Waals surface area contributed by atoms with E-state index in [4.69, 9.17) is 15.8 Å². The summed E-state index contributed by atoms with van der Waals surface area (Å²) in [7, 11) is 0. The molecule has 0 unspecified atom stereocenters. The van der Waals surface area contributed by atoms with Crippen molar-refractivity contribution in [1.82, 2.24) is 29.0 Å². The molecule has 5 rings (SSSR count). The lowest BCUT2D eigenvalue weighted by molar-refractivity contribution is 0.221. The van der Waals surface area contributed by atoms with Crippen LogP contribution in [0.25, 0.3) is 28.0 Å². The molecule has 176 valence electrons. The Morgan fingerprint density at radius 2 is 1.62 bits per heavy atom. The summed E-state index contributed by atoms with van der Waals surface area (Å²) in [6.07, 6.45) is 4.69. The van der Waals surface area contributed by atoms with E-state index in [1.54, 1.807) is 0 Å². The van der Waals surface area contributed by atoms with E-state index in [0.29, 0.717) is 17.9 Å². The molecule has 8 nitrogen and oxygen atoms in total. The van der Waals surface area contributed by atoms with Gasteiger partial charge in [0.1, 0.15) is 0 Å². The van der Waals surface area contributed by atoms with Crippen molar-refractivity contribution in [1.29, 1.82) is 0 Å². The minimum atomic E-state index is -0.248. The number of fused-ring (bicyclic) bond motifs is 1. The lowest BCUT2D eigenvalue weighted by atomic mass is 9.99. The second-order valence-electron chi connectivity index (χ2n) is 9.12. The molecule has 1 aliphatic heterocycles. The van der Waals surface area contributed by atoms with E-state index in [2.05, 4.69) is 9.88 Å². The van der Waals surface area contributed by atoms with Crippen molar-refractivity contribution in [2.75, 3.05) is 25.4 Å². The molecule has 0 radical (unpaired) electrons. The first kappa shape index (κ1) is 22.3. The molecule has 1 fully saturated rings. The van der Waals surface area contributed by atoms with Crippen LogP contribution in [0, 0.1) is 13.8 Å². The van der Waals surface area contributed by atoms with Crippen LogP contribution in [-0.2, 0) is 6.54 Å². The zero-order valence-electron chi connectivity index (χ0n) is 19.9. The quantitative estimate of drug-likeness (QED) is 0.475. The van der Waals surface area contributed by atoms with E-state index in [1.165, 1.54) is 28.3 Å². The predicted octanol–water partition coefficient (Wildman–Crippen LogP) is 3.70. The number of likely N-dealkylation sites (tertiary alicyclic amines) is 1. The van der Waals surface area contributed by atoms with Crippen LogP contribution in [-0.4, -0.2) is 48.7 Å². The van der Waals surface area contributed by atoms with Gasteiger partial charge in [0.2, 0.25) is 5.95 Å². The van der Waals surface area contributed by atoms with Crippen LogP contribution in [0.1, 0.15) is 37.1 Å². The van der Waals surface area contributed by atoms with Gasteiger partial charge in [-0.2, -0.15) is 0 Å². The van der Waals surface area contributed by atoms with E-state index >= 15 is 0 Å². The van der Waals surface area contributed by atoms with Crippen LogP contribution in [0.3, 0.4) is 0 Å². The number of piperidine rings is 1. The van der Waals surface area contributed by atoms with Gasteiger partial charge < -0.3 is 10.6 Å². The number of aromatic nitrogens is 5. The van der Waals surface area contributed by atoms with Gasteiger partial charge in [0, 0.05) is 23.5 Å². The average Bonchev–Trinajstić information content (AvgIpc) is 3.16. The summed E-state index contributed by atoms with van der Waals surface area (Å²) in [4.78, 5) is 25.0. The third-order valence-corrected chi connectivity index (χ3v) is 6.47. The van der Waals surface area contributed by atoms with Crippen LogP contribution in [0.15, 0.2) is 47.3 Å². The molecule has 1 aliphatic rings. The number of hydrogen-bond donors (Lipinski definition) is 1. The summed E-state index contributed by atoms with van der Waals surface area (Å²) in [5.74, 6) is 0.146. The third-order valence-electron chi connectivity index (χ3n) is 6.47. The van der Waals surface area contributed by atoms with Crippen molar-refractivity contribution < 1.29 is 0 Å². The van der Waals surface area contributed by atoms with Gasteiger partial charge in [0.05, 0.1) is 11.3 Å². The maximum absolute atomic E-state index is 13.3. The fraction of sp³-hybridized carbons (Fsp3) is 0.385. The number of anilines is 1. The lowest BCUT2D eigenvalue weighted by Gasteiger charge is -2.26. The normalized spacial score (nSPS) is 14.6. The molecule has 1 saturated heterocycles.